The standard InChI is InChI=1S/C19H14ClFN6O2/c20-13-5-7-14(8-6-13)23-16(28)10-26-11-22-18-17(19(26)29)24-25-27(18)9-12-3-1-2-4-15(12)21/h1-8,11H,9-10H2,(H,23,28). The van der Waals surface area contributed by atoms with Gasteiger partial charge < -0.3 is 5.32 Å². The third-order valence-corrected chi connectivity index (χ3v) is 4.46. The van der Waals surface area contributed by atoms with Crippen LogP contribution in [0.15, 0.2) is 59.7 Å². The predicted molar refractivity (Wildman–Crippen MR) is 105 cm³/mol. The monoisotopic (exact) mass is 412 g/mol. The first-order valence-corrected chi connectivity index (χ1v) is 8.96. The number of halogens is 2. The zero-order valence-electron chi connectivity index (χ0n) is 14.9. The number of benzene rings is 2. The van der Waals surface area contributed by atoms with E-state index in [4.69, 9.17) is 11.6 Å². The lowest BCUT2D eigenvalue weighted by Crippen LogP contribution is -2.28. The van der Waals surface area contributed by atoms with Crippen LogP contribution in [0.5, 0.6) is 0 Å². The van der Waals surface area contributed by atoms with Crippen molar-refractivity contribution < 1.29 is 9.18 Å². The highest BCUT2D eigenvalue weighted by Crippen LogP contribution is 2.14. The fourth-order valence-electron chi connectivity index (χ4n) is 2.78. The molecule has 0 saturated heterocycles. The smallest absolute Gasteiger partial charge is 0.283 e. The normalized spacial score (nSPS) is 11.0. The van der Waals surface area contributed by atoms with Crippen molar-refractivity contribution in [1.29, 1.82) is 0 Å². The molecular formula is C19H14ClFN6O2. The van der Waals surface area contributed by atoms with E-state index in [2.05, 4.69) is 20.6 Å². The molecule has 0 bridgehead atoms. The topological polar surface area (TPSA) is 94.7 Å². The third-order valence-electron chi connectivity index (χ3n) is 4.21. The van der Waals surface area contributed by atoms with E-state index in [1.54, 1.807) is 42.5 Å². The van der Waals surface area contributed by atoms with Crippen molar-refractivity contribution in [2.75, 3.05) is 5.32 Å². The molecule has 2 aromatic carbocycles. The molecule has 0 unspecified atom stereocenters. The van der Waals surface area contributed by atoms with Crippen LogP contribution in [0.3, 0.4) is 0 Å². The summed E-state index contributed by atoms with van der Waals surface area (Å²) >= 11 is 5.81. The van der Waals surface area contributed by atoms with Gasteiger partial charge in [0.25, 0.3) is 5.56 Å². The van der Waals surface area contributed by atoms with Gasteiger partial charge in [-0.1, -0.05) is 35.0 Å². The van der Waals surface area contributed by atoms with E-state index in [-0.39, 0.29) is 30.1 Å². The van der Waals surface area contributed by atoms with Crippen LogP contribution in [0.1, 0.15) is 5.56 Å². The first-order chi connectivity index (χ1) is 14.0. The summed E-state index contributed by atoms with van der Waals surface area (Å²) in [5.41, 5.74) is 0.654. The van der Waals surface area contributed by atoms with Crippen molar-refractivity contribution >= 4 is 34.4 Å². The number of nitrogens with one attached hydrogen (secondary N) is 1. The van der Waals surface area contributed by atoms with Gasteiger partial charge >= 0.3 is 0 Å². The molecular weight excluding hydrogens is 399 g/mol. The zero-order valence-corrected chi connectivity index (χ0v) is 15.7. The molecule has 0 atom stereocenters. The maximum atomic E-state index is 13.9. The van der Waals surface area contributed by atoms with Gasteiger partial charge in [0.05, 0.1) is 6.54 Å². The molecule has 2 heterocycles. The first-order valence-electron chi connectivity index (χ1n) is 8.59. The van der Waals surface area contributed by atoms with Gasteiger partial charge in [-0.2, -0.15) is 0 Å². The molecule has 0 fully saturated rings. The molecule has 1 N–H and O–H groups in total. The molecule has 0 aliphatic rings. The molecule has 2 aromatic heterocycles. The summed E-state index contributed by atoms with van der Waals surface area (Å²) in [7, 11) is 0. The summed E-state index contributed by atoms with van der Waals surface area (Å²) in [4.78, 5) is 29.0. The molecule has 146 valence electrons. The van der Waals surface area contributed by atoms with E-state index in [0.717, 1.165) is 4.57 Å². The minimum Gasteiger partial charge on any atom is -0.325 e. The number of nitrogens with zero attached hydrogens (tertiary/aromatic N) is 5. The molecule has 1 amide bonds. The number of anilines is 1. The van der Waals surface area contributed by atoms with Gasteiger partial charge in [-0.3, -0.25) is 14.2 Å². The molecule has 0 spiro atoms. The van der Waals surface area contributed by atoms with Crippen molar-refractivity contribution in [1.82, 2.24) is 24.5 Å². The van der Waals surface area contributed by atoms with Crippen LogP contribution >= 0.6 is 11.6 Å². The van der Waals surface area contributed by atoms with E-state index >= 15 is 0 Å². The van der Waals surface area contributed by atoms with Crippen LogP contribution in [-0.2, 0) is 17.9 Å². The zero-order chi connectivity index (χ0) is 20.4. The Balaban J connectivity index is 1.55. The van der Waals surface area contributed by atoms with Crippen molar-refractivity contribution in [2.45, 2.75) is 13.1 Å². The Hall–Kier alpha value is -3.59. The predicted octanol–water partition coefficient (Wildman–Crippen LogP) is 2.47. The van der Waals surface area contributed by atoms with Crippen LogP contribution in [-0.4, -0.2) is 30.5 Å². The summed E-state index contributed by atoms with van der Waals surface area (Å²) in [5.74, 6) is -0.794. The molecule has 0 radical (unpaired) electrons. The van der Waals surface area contributed by atoms with E-state index in [0.29, 0.717) is 16.3 Å². The van der Waals surface area contributed by atoms with Crippen molar-refractivity contribution in [3.63, 3.8) is 0 Å². The van der Waals surface area contributed by atoms with Crippen LogP contribution < -0.4 is 10.9 Å². The Kier molecular flexibility index (Phi) is 5.05. The maximum absolute atomic E-state index is 13.9. The van der Waals surface area contributed by atoms with E-state index in [1.807, 2.05) is 0 Å². The van der Waals surface area contributed by atoms with Gasteiger partial charge in [-0.25, -0.2) is 14.1 Å². The van der Waals surface area contributed by atoms with Gasteiger partial charge in [0.2, 0.25) is 5.91 Å². The van der Waals surface area contributed by atoms with Gasteiger partial charge in [0.1, 0.15) is 18.7 Å². The lowest BCUT2D eigenvalue weighted by molar-refractivity contribution is -0.116. The molecule has 0 aliphatic carbocycles. The number of hydrogen-bond donors (Lipinski definition) is 1. The maximum Gasteiger partial charge on any atom is 0.283 e. The molecule has 4 aromatic rings. The summed E-state index contributed by atoms with van der Waals surface area (Å²) in [6.07, 6.45) is 1.24. The molecule has 0 aliphatic heterocycles. The highest BCUT2D eigenvalue weighted by atomic mass is 35.5. The molecule has 10 heteroatoms. The quantitative estimate of drug-likeness (QED) is 0.543. The number of hydrogen-bond acceptors (Lipinski definition) is 5. The van der Waals surface area contributed by atoms with E-state index in [9.17, 15) is 14.0 Å². The van der Waals surface area contributed by atoms with Crippen molar-refractivity contribution in [3.05, 3.63) is 81.6 Å². The van der Waals surface area contributed by atoms with Crippen LogP contribution in [0.25, 0.3) is 11.2 Å². The molecule has 4 rings (SSSR count). The minimum absolute atomic E-state index is 0.00290. The molecule has 29 heavy (non-hydrogen) atoms. The Morgan fingerprint density at radius 1 is 1.14 bits per heavy atom. The molecule has 8 nitrogen and oxygen atoms in total. The SMILES string of the molecule is O=C(Cn1cnc2c(nnn2Cc2ccccc2F)c1=O)Nc1ccc(Cl)cc1. The highest BCUT2D eigenvalue weighted by Gasteiger charge is 2.15. The van der Waals surface area contributed by atoms with Crippen molar-refractivity contribution in [3.8, 4) is 0 Å². The Labute approximate surface area is 168 Å². The van der Waals surface area contributed by atoms with Crippen molar-refractivity contribution in [2.24, 2.45) is 0 Å². The average Bonchev–Trinajstić information content (AvgIpc) is 3.11. The summed E-state index contributed by atoms with van der Waals surface area (Å²) in [6, 6.07) is 12.8. The van der Waals surface area contributed by atoms with Gasteiger partial charge in [-0.15, -0.1) is 5.10 Å². The largest absolute Gasteiger partial charge is 0.325 e. The van der Waals surface area contributed by atoms with Gasteiger partial charge in [0.15, 0.2) is 11.2 Å². The second-order valence-corrected chi connectivity index (χ2v) is 6.68. The lowest BCUT2D eigenvalue weighted by Gasteiger charge is -2.07. The summed E-state index contributed by atoms with van der Waals surface area (Å²) in [6.45, 7) is -0.165. The summed E-state index contributed by atoms with van der Waals surface area (Å²) in [5, 5.41) is 11.0. The lowest BCUT2D eigenvalue weighted by atomic mass is 10.2. The average molecular weight is 413 g/mol. The molecule has 0 saturated carbocycles. The van der Waals surface area contributed by atoms with Crippen LogP contribution in [0.2, 0.25) is 5.02 Å². The van der Waals surface area contributed by atoms with Gasteiger partial charge in [-0.05, 0) is 30.3 Å². The van der Waals surface area contributed by atoms with Crippen LogP contribution in [0, 0.1) is 5.82 Å². The number of carbonyl (C=O) groups is 1. The number of amides is 1. The second kappa shape index (κ2) is 7.80. The van der Waals surface area contributed by atoms with Gasteiger partial charge in [0, 0.05) is 16.3 Å². The third kappa shape index (κ3) is 3.99. The second-order valence-electron chi connectivity index (χ2n) is 6.24. The van der Waals surface area contributed by atoms with E-state index < -0.39 is 11.5 Å². The minimum atomic E-state index is -0.513. The summed E-state index contributed by atoms with van der Waals surface area (Å²) < 4.78 is 16.3. The fourth-order valence-corrected chi connectivity index (χ4v) is 2.91. The number of rotatable bonds is 5. The van der Waals surface area contributed by atoms with E-state index in [1.165, 1.54) is 17.1 Å². The Bertz CT molecular complexity index is 1250. The number of fused-ring (bicyclic) bond motifs is 1. The number of aromatic nitrogens is 5. The highest BCUT2D eigenvalue weighted by molar-refractivity contribution is 6.30. The Morgan fingerprint density at radius 2 is 1.90 bits per heavy atom. The fraction of sp³-hybridized carbons (Fsp3) is 0.105. The number of carbonyl (C=O) groups excluding carboxylic acids is 1. The Morgan fingerprint density at radius 3 is 2.66 bits per heavy atom. The first kappa shape index (κ1) is 18.8. The van der Waals surface area contributed by atoms with Crippen LogP contribution in [0.4, 0.5) is 10.1 Å².